The van der Waals surface area contributed by atoms with Crippen LogP contribution in [0, 0.1) is 3.83 Å². The average Bonchev–Trinajstić information content (AvgIpc) is 2.93. The van der Waals surface area contributed by atoms with Crippen molar-refractivity contribution in [3.05, 3.63) is 10.2 Å². The molecule has 0 spiro atoms. The third-order valence-electron chi connectivity index (χ3n) is 3.18. The molecule has 2 aromatic heterocycles. The molecule has 3 rings (SSSR count). The number of aliphatic hydroxyl groups excluding tert-OH is 2. The molecular formula is C10H10IN5O5. The Labute approximate surface area is 130 Å². The van der Waals surface area contributed by atoms with Crippen molar-refractivity contribution in [2.24, 2.45) is 0 Å². The van der Waals surface area contributed by atoms with Crippen LogP contribution in [0.4, 0.5) is 5.82 Å². The van der Waals surface area contributed by atoms with Gasteiger partial charge >= 0.3 is 5.97 Å². The molecule has 1 aliphatic rings. The molecule has 11 heteroatoms. The Balaban J connectivity index is 2.07. The quantitative estimate of drug-likeness (QED) is 0.352. The molecule has 1 aliphatic heterocycles. The number of aromatic nitrogens is 4. The van der Waals surface area contributed by atoms with Crippen LogP contribution in [-0.2, 0) is 9.53 Å². The van der Waals surface area contributed by atoms with Gasteiger partial charge < -0.3 is 25.8 Å². The molecule has 2 unspecified atom stereocenters. The molecular weight excluding hydrogens is 397 g/mol. The van der Waals surface area contributed by atoms with E-state index in [-0.39, 0.29) is 11.5 Å². The number of aliphatic hydroxyl groups is 2. The fourth-order valence-electron chi connectivity index (χ4n) is 2.19. The average molecular weight is 407 g/mol. The molecule has 4 atom stereocenters. The van der Waals surface area contributed by atoms with E-state index in [0.717, 1.165) is 0 Å². The van der Waals surface area contributed by atoms with Crippen LogP contribution in [0.5, 0.6) is 0 Å². The first kappa shape index (κ1) is 14.4. The first-order valence-electron chi connectivity index (χ1n) is 5.80. The van der Waals surface area contributed by atoms with Crippen LogP contribution < -0.4 is 5.73 Å². The van der Waals surface area contributed by atoms with Gasteiger partial charge in [0.25, 0.3) is 0 Å². The Morgan fingerprint density at radius 3 is 2.71 bits per heavy atom. The lowest BCUT2D eigenvalue weighted by atomic mass is 10.1. The van der Waals surface area contributed by atoms with Crippen LogP contribution >= 0.6 is 22.6 Å². The first-order valence-corrected chi connectivity index (χ1v) is 6.88. The van der Waals surface area contributed by atoms with E-state index in [1.165, 1.54) is 10.9 Å². The van der Waals surface area contributed by atoms with Crippen molar-refractivity contribution in [2.45, 2.75) is 24.5 Å². The summed E-state index contributed by atoms with van der Waals surface area (Å²) in [6, 6.07) is 0. The van der Waals surface area contributed by atoms with Crippen molar-refractivity contribution in [2.75, 3.05) is 5.73 Å². The number of ether oxygens (including phenoxy) is 1. The summed E-state index contributed by atoms with van der Waals surface area (Å²) in [4.78, 5) is 23.1. The van der Waals surface area contributed by atoms with E-state index in [1.54, 1.807) is 0 Å². The van der Waals surface area contributed by atoms with Crippen molar-refractivity contribution >= 4 is 45.5 Å². The zero-order valence-electron chi connectivity index (χ0n) is 10.3. The summed E-state index contributed by atoms with van der Waals surface area (Å²) < 4.78 is 6.89. The van der Waals surface area contributed by atoms with Crippen LogP contribution in [0.15, 0.2) is 6.33 Å². The van der Waals surface area contributed by atoms with E-state index in [2.05, 4.69) is 15.0 Å². The van der Waals surface area contributed by atoms with Gasteiger partial charge in [-0.15, -0.1) is 0 Å². The largest absolute Gasteiger partial charge is 0.479 e. The second kappa shape index (κ2) is 5.01. The van der Waals surface area contributed by atoms with Crippen molar-refractivity contribution in [1.29, 1.82) is 0 Å². The van der Waals surface area contributed by atoms with Crippen LogP contribution in [0.2, 0.25) is 0 Å². The number of nitrogens with zero attached hydrogens (tertiary/aromatic N) is 4. The van der Waals surface area contributed by atoms with Crippen LogP contribution in [0.3, 0.4) is 0 Å². The normalized spacial score (nSPS) is 29.1. The van der Waals surface area contributed by atoms with Crippen LogP contribution in [0.1, 0.15) is 6.23 Å². The molecule has 0 aromatic carbocycles. The minimum absolute atomic E-state index is 0.158. The molecule has 2 aromatic rings. The number of imidazole rings is 1. The number of anilines is 1. The number of carbonyl (C=O) groups is 1. The van der Waals surface area contributed by atoms with Crippen LogP contribution in [0.25, 0.3) is 11.2 Å². The number of carboxylic acid groups (broad SMARTS) is 1. The summed E-state index contributed by atoms with van der Waals surface area (Å²) in [5.74, 6) is -1.21. The third-order valence-corrected chi connectivity index (χ3v) is 3.66. The molecule has 0 saturated carbocycles. The Kier molecular flexibility index (Phi) is 3.43. The van der Waals surface area contributed by atoms with E-state index < -0.39 is 30.5 Å². The Hall–Kier alpha value is -1.57. The molecule has 5 N–H and O–H groups in total. The minimum Gasteiger partial charge on any atom is -0.479 e. The number of hydrogen-bond donors (Lipinski definition) is 4. The van der Waals surface area contributed by atoms with Crippen molar-refractivity contribution in [3.8, 4) is 0 Å². The summed E-state index contributed by atoms with van der Waals surface area (Å²) in [5, 5.41) is 28.7. The molecule has 112 valence electrons. The van der Waals surface area contributed by atoms with E-state index in [0.29, 0.717) is 9.35 Å². The van der Waals surface area contributed by atoms with Gasteiger partial charge in [0.1, 0.15) is 17.7 Å². The van der Waals surface area contributed by atoms with Crippen molar-refractivity contribution in [1.82, 2.24) is 19.5 Å². The fourth-order valence-corrected chi connectivity index (χ4v) is 2.68. The predicted molar refractivity (Wildman–Crippen MR) is 76.0 cm³/mol. The molecule has 0 radical (unpaired) electrons. The monoisotopic (exact) mass is 407 g/mol. The first-order chi connectivity index (χ1) is 9.90. The van der Waals surface area contributed by atoms with Crippen molar-refractivity contribution < 1.29 is 24.9 Å². The Morgan fingerprint density at radius 2 is 2.10 bits per heavy atom. The summed E-state index contributed by atoms with van der Waals surface area (Å²) in [5.41, 5.74) is 6.32. The second-order valence-electron chi connectivity index (χ2n) is 4.47. The molecule has 3 heterocycles. The van der Waals surface area contributed by atoms with E-state index in [4.69, 9.17) is 15.6 Å². The van der Waals surface area contributed by atoms with E-state index in [1.807, 2.05) is 22.6 Å². The van der Waals surface area contributed by atoms with Gasteiger partial charge in [-0.25, -0.2) is 19.7 Å². The van der Waals surface area contributed by atoms with Gasteiger partial charge in [0, 0.05) is 22.6 Å². The van der Waals surface area contributed by atoms with Crippen molar-refractivity contribution in [3.63, 3.8) is 0 Å². The van der Waals surface area contributed by atoms with Gasteiger partial charge in [0.2, 0.25) is 0 Å². The molecule has 1 saturated heterocycles. The van der Waals surface area contributed by atoms with Gasteiger partial charge in [0.05, 0.1) is 6.33 Å². The second-order valence-corrected chi connectivity index (χ2v) is 5.43. The van der Waals surface area contributed by atoms with Crippen LogP contribution in [-0.4, -0.2) is 59.1 Å². The standard InChI is InChI=1S/C10H10IN5O5/c11-10-14-6(12)2-7(15-10)16(1-13-2)8-4(18)3(17)5(21-8)9(19)20/h1,3-5,8,17-18H,(H,19,20)(H2,12,14,15)/t3?,4?,5-,8+/m0/s1. The summed E-state index contributed by atoms with van der Waals surface area (Å²) in [7, 11) is 0. The lowest BCUT2D eigenvalue weighted by Gasteiger charge is -2.16. The number of rotatable bonds is 2. The molecule has 0 bridgehead atoms. The number of nitrogen functional groups attached to an aromatic ring is 1. The van der Waals surface area contributed by atoms with Gasteiger partial charge in [-0.1, -0.05) is 0 Å². The molecule has 10 nitrogen and oxygen atoms in total. The highest BCUT2D eigenvalue weighted by molar-refractivity contribution is 14.1. The number of fused-ring (bicyclic) bond motifs is 1. The fraction of sp³-hybridized carbons (Fsp3) is 0.400. The molecule has 1 fully saturated rings. The number of halogens is 1. The zero-order valence-corrected chi connectivity index (χ0v) is 12.4. The molecule has 0 amide bonds. The maximum Gasteiger partial charge on any atom is 0.335 e. The number of nitrogens with two attached hydrogens (primary N) is 1. The Morgan fingerprint density at radius 1 is 1.38 bits per heavy atom. The highest BCUT2D eigenvalue weighted by Crippen LogP contribution is 2.32. The maximum atomic E-state index is 11.0. The number of carboxylic acids is 1. The summed E-state index contributed by atoms with van der Waals surface area (Å²) >= 11 is 1.86. The third kappa shape index (κ3) is 2.21. The highest BCUT2D eigenvalue weighted by Gasteiger charge is 2.48. The SMILES string of the molecule is Nc1nc(I)nc2c1ncn2[C@@H]1O[C@H](C(=O)O)C(O)C1O. The highest BCUT2D eigenvalue weighted by atomic mass is 127. The van der Waals surface area contributed by atoms with E-state index >= 15 is 0 Å². The predicted octanol–water partition coefficient (Wildman–Crippen LogP) is -1.28. The lowest BCUT2D eigenvalue weighted by Crippen LogP contribution is -2.35. The van der Waals surface area contributed by atoms with Gasteiger partial charge in [-0.05, 0) is 0 Å². The van der Waals surface area contributed by atoms with Gasteiger partial charge in [-0.2, -0.15) is 0 Å². The number of aliphatic carboxylic acids is 1. The molecule has 21 heavy (non-hydrogen) atoms. The number of hydrogen-bond acceptors (Lipinski definition) is 8. The molecule has 0 aliphatic carbocycles. The topological polar surface area (TPSA) is 157 Å². The lowest BCUT2D eigenvalue weighted by molar-refractivity contribution is -0.155. The smallest absolute Gasteiger partial charge is 0.335 e. The maximum absolute atomic E-state index is 11.0. The van der Waals surface area contributed by atoms with E-state index in [9.17, 15) is 15.0 Å². The minimum atomic E-state index is -1.55. The summed E-state index contributed by atoms with van der Waals surface area (Å²) in [6.07, 6.45) is -4.34. The van der Waals surface area contributed by atoms with Gasteiger partial charge in [-0.3, -0.25) is 4.57 Å². The Bertz CT molecular complexity index is 721. The zero-order chi connectivity index (χ0) is 15.3. The van der Waals surface area contributed by atoms with Gasteiger partial charge in [0.15, 0.2) is 27.6 Å². The summed E-state index contributed by atoms with van der Waals surface area (Å²) in [6.45, 7) is 0.